The number of carbonyl (C=O) groups is 2. The molecule has 2 fully saturated rings. The van der Waals surface area contributed by atoms with E-state index in [1.54, 1.807) is 30.2 Å². The highest BCUT2D eigenvalue weighted by atomic mass is 19.1. The van der Waals surface area contributed by atoms with E-state index in [2.05, 4.69) is 0 Å². The van der Waals surface area contributed by atoms with Crippen LogP contribution in [0.5, 0.6) is 0 Å². The summed E-state index contributed by atoms with van der Waals surface area (Å²) in [5.74, 6) is -1.40. The summed E-state index contributed by atoms with van der Waals surface area (Å²) in [6, 6.07) is 6.39. The summed E-state index contributed by atoms with van der Waals surface area (Å²) in [5, 5.41) is 9.74. The van der Waals surface area contributed by atoms with Crippen LogP contribution in [-0.2, 0) is 19.7 Å². The van der Waals surface area contributed by atoms with E-state index < -0.39 is 16.8 Å². The van der Waals surface area contributed by atoms with Crippen molar-refractivity contribution in [1.29, 1.82) is 0 Å². The van der Waals surface area contributed by atoms with Crippen molar-refractivity contribution in [2.24, 2.45) is 5.41 Å². The Labute approximate surface area is 146 Å². The zero-order chi connectivity index (χ0) is 18.1. The Morgan fingerprint density at radius 2 is 2.00 bits per heavy atom. The first-order chi connectivity index (χ1) is 11.9. The second kappa shape index (κ2) is 6.75. The number of hydrogen-bond acceptors (Lipinski definition) is 3. The molecule has 2 aliphatic rings. The predicted octanol–water partition coefficient (Wildman–Crippen LogP) is 2.59. The van der Waals surface area contributed by atoms with Gasteiger partial charge in [-0.05, 0) is 38.2 Å². The highest BCUT2D eigenvalue weighted by Crippen LogP contribution is 2.51. The van der Waals surface area contributed by atoms with Gasteiger partial charge in [0.05, 0.1) is 10.8 Å². The number of piperidine rings is 1. The van der Waals surface area contributed by atoms with E-state index in [9.17, 15) is 19.1 Å². The van der Waals surface area contributed by atoms with Gasteiger partial charge in [-0.3, -0.25) is 9.59 Å². The third-order valence-electron chi connectivity index (χ3n) is 5.65. The lowest BCUT2D eigenvalue weighted by Crippen LogP contribution is -2.52. The summed E-state index contributed by atoms with van der Waals surface area (Å²) in [6.45, 7) is 1.03. The van der Waals surface area contributed by atoms with E-state index in [4.69, 9.17) is 4.74 Å². The summed E-state index contributed by atoms with van der Waals surface area (Å²) >= 11 is 0. The van der Waals surface area contributed by atoms with Crippen LogP contribution in [0.4, 0.5) is 4.39 Å². The molecular weight excluding hydrogens is 325 g/mol. The number of methoxy groups -OCH3 is 1. The molecule has 136 valence electrons. The Bertz CT molecular complexity index is 673. The van der Waals surface area contributed by atoms with E-state index in [0.29, 0.717) is 50.8 Å². The summed E-state index contributed by atoms with van der Waals surface area (Å²) < 4.78 is 19.3. The van der Waals surface area contributed by atoms with Gasteiger partial charge < -0.3 is 14.7 Å². The third-order valence-corrected chi connectivity index (χ3v) is 5.65. The van der Waals surface area contributed by atoms with Crippen LogP contribution in [0.3, 0.4) is 0 Å². The summed E-state index contributed by atoms with van der Waals surface area (Å²) in [7, 11) is 1.54. The molecule has 0 spiro atoms. The van der Waals surface area contributed by atoms with Crippen molar-refractivity contribution in [2.75, 3.05) is 26.8 Å². The Kier molecular flexibility index (Phi) is 4.82. The van der Waals surface area contributed by atoms with Gasteiger partial charge in [0.1, 0.15) is 5.82 Å². The zero-order valence-corrected chi connectivity index (χ0v) is 14.5. The van der Waals surface area contributed by atoms with E-state index >= 15 is 0 Å². The number of likely N-dealkylation sites (tertiary alicyclic amines) is 1. The standard InChI is InChI=1S/C19H24FNO4/c1-25-12-10-18(17(23)24)7-4-11-21(13-18)16(22)19(8-9-19)14-5-2-3-6-15(14)20/h2-3,5-6H,4,7-13H2,1H3,(H,23,24)/t18-/m1/s1. The molecule has 1 saturated heterocycles. The number of rotatable bonds is 6. The van der Waals surface area contributed by atoms with Crippen molar-refractivity contribution in [3.8, 4) is 0 Å². The second-order valence-corrected chi connectivity index (χ2v) is 7.22. The van der Waals surface area contributed by atoms with Crippen LogP contribution in [0.25, 0.3) is 0 Å². The van der Waals surface area contributed by atoms with Crippen LogP contribution in [-0.4, -0.2) is 48.7 Å². The average molecular weight is 349 g/mol. The molecule has 1 aromatic rings. The van der Waals surface area contributed by atoms with Crippen molar-refractivity contribution < 1.29 is 23.8 Å². The molecule has 1 aromatic carbocycles. The number of ether oxygens (including phenoxy) is 1. The van der Waals surface area contributed by atoms with Gasteiger partial charge in [-0.2, -0.15) is 0 Å². The largest absolute Gasteiger partial charge is 0.481 e. The molecule has 1 atom stereocenters. The van der Waals surface area contributed by atoms with E-state index in [0.717, 1.165) is 0 Å². The molecule has 6 heteroatoms. The van der Waals surface area contributed by atoms with Crippen molar-refractivity contribution in [2.45, 2.75) is 37.5 Å². The molecule has 25 heavy (non-hydrogen) atoms. The molecule has 3 rings (SSSR count). The Morgan fingerprint density at radius 3 is 2.60 bits per heavy atom. The first-order valence-electron chi connectivity index (χ1n) is 8.72. The normalized spacial score (nSPS) is 24.8. The maximum Gasteiger partial charge on any atom is 0.311 e. The maximum absolute atomic E-state index is 14.2. The predicted molar refractivity (Wildman–Crippen MR) is 89.7 cm³/mol. The lowest BCUT2D eigenvalue weighted by atomic mass is 9.76. The second-order valence-electron chi connectivity index (χ2n) is 7.22. The lowest BCUT2D eigenvalue weighted by Gasteiger charge is -2.41. The summed E-state index contributed by atoms with van der Waals surface area (Å²) in [5.41, 5.74) is -1.35. The fourth-order valence-corrected chi connectivity index (χ4v) is 3.96. The van der Waals surface area contributed by atoms with Gasteiger partial charge in [-0.25, -0.2) is 4.39 Å². The molecule has 0 radical (unpaired) electrons. The first-order valence-corrected chi connectivity index (χ1v) is 8.72. The average Bonchev–Trinajstić information content (AvgIpc) is 3.41. The molecular formula is C19H24FNO4. The van der Waals surface area contributed by atoms with Crippen LogP contribution in [0.2, 0.25) is 0 Å². The van der Waals surface area contributed by atoms with Gasteiger partial charge in [-0.15, -0.1) is 0 Å². The van der Waals surface area contributed by atoms with Crippen LogP contribution >= 0.6 is 0 Å². The number of halogens is 1. The van der Waals surface area contributed by atoms with Gasteiger partial charge in [0, 0.05) is 32.4 Å². The minimum Gasteiger partial charge on any atom is -0.481 e. The molecule has 1 amide bonds. The Hall–Kier alpha value is -1.95. The molecule has 1 aliphatic carbocycles. The maximum atomic E-state index is 14.2. The highest BCUT2D eigenvalue weighted by molar-refractivity contribution is 5.92. The minimum atomic E-state index is -0.977. The number of hydrogen-bond donors (Lipinski definition) is 1. The van der Waals surface area contributed by atoms with E-state index in [-0.39, 0.29) is 18.3 Å². The molecule has 5 nitrogen and oxygen atoms in total. The van der Waals surface area contributed by atoms with Crippen molar-refractivity contribution in [3.63, 3.8) is 0 Å². The number of amides is 1. The first kappa shape index (κ1) is 17.9. The topological polar surface area (TPSA) is 66.8 Å². The van der Waals surface area contributed by atoms with Gasteiger partial charge in [0.2, 0.25) is 5.91 Å². The molecule has 1 N–H and O–H groups in total. The monoisotopic (exact) mass is 349 g/mol. The number of aliphatic carboxylic acids is 1. The third kappa shape index (κ3) is 3.15. The molecule has 0 unspecified atom stereocenters. The summed E-state index contributed by atoms with van der Waals surface area (Å²) in [4.78, 5) is 26.7. The lowest BCUT2D eigenvalue weighted by molar-refractivity contribution is -0.157. The number of carboxylic acids is 1. The molecule has 0 bridgehead atoms. The molecule has 1 aliphatic heterocycles. The fourth-order valence-electron chi connectivity index (χ4n) is 3.96. The van der Waals surface area contributed by atoms with Gasteiger partial charge in [-0.1, -0.05) is 18.2 Å². The fraction of sp³-hybridized carbons (Fsp3) is 0.579. The van der Waals surface area contributed by atoms with Crippen molar-refractivity contribution in [1.82, 2.24) is 4.90 Å². The van der Waals surface area contributed by atoms with Crippen molar-refractivity contribution >= 4 is 11.9 Å². The van der Waals surface area contributed by atoms with Crippen LogP contribution in [0.15, 0.2) is 24.3 Å². The Morgan fingerprint density at radius 1 is 1.28 bits per heavy atom. The number of benzene rings is 1. The quantitative estimate of drug-likeness (QED) is 0.857. The van der Waals surface area contributed by atoms with Gasteiger partial charge in [0.25, 0.3) is 0 Å². The Balaban J connectivity index is 1.83. The molecule has 1 heterocycles. The van der Waals surface area contributed by atoms with Crippen LogP contribution in [0.1, 0.15) is 37.7 Å². The SMILES string of the molecule is COCC[C@]1(C(=O)O)CCCN(C(=O)C2(c3ccccc3F)CC2)C1. The number of carbonyl (C=O) groups excluding carboxylic acids is 1. The summed E-state index contributed by atoms with van der Waals surface area (Å²) in [6.07, 6.45) is 2.76. The zero-order valence-electron chi connectivity index (χ0n) is 14.5. The highest BCUT2D eigenvalue weighted by Gasteiger charge is 2.56. The van der Waals surface area contributed by atoms with E-state index in [1.807, 2.05) is 0 Å². The van der Waals surface area contributed by atoms with Crippen LogP contribution in [0, 0.1) is 11.2 Å². The smallest absolute Gasteiger partial charge is 0.311 e. The number of nitrogens with zero attached hydrogens (tertiary/aromatic N) is 1. The molecule has 0 aromatic heterocycles. The van der Waals surface area contributed by atoms with Crippen LogP contribution < -0.4 is 0 Å². The molecule has 1 saturated carbocycles. The van der Waals surface area contributed by atoms with Gasteiger partial charge in [0.15, 0.2) is 0 Å². The van der Waals surface area contributed by atoms with Crippen molar-refractivity contribution in [3.05, 3.63) is 35.6 Å². The number of carboxylic acid groups (broad SMARTS) is 1. The minimum absolute atomic E-state index is 0.139. The van der Waals surface area contributed by atoms with Gasteiger partial charge >= 0.3 is 5.97 Å². The van der Waals surface area contributed by atoms with E-state index in [1.165, 1.54) is 6.07 Å².